The molecule has 2 rings (SSSR count). The average molecular weight is 335 g/mol. The van der Waals surface area contributed by atoms with Crippen LogP contribution in [0, 0.1) is 0 Å². The number of hydrogen-bond donors (Lipinski definition) is 2. The molecule has 0 radical (unpaired) electrons. The summed E-state index contributed by atoms with van der Waals surface area (Å²) in [5.74, 6) is -0.581. The maximum Gasteiger partial charge on any atom is 0.335 e. The minimum absolute atomic E-state index is 0.00230. The lowest BCUT2D eigenvalue weighted by molar-refractivity contribution is 0.0696. The van der Waals surface area contributed by atoms with Gasteiger partial charge in [-0.1, -0.05) is 18.2 Å². The van der Waals surface area contributed by atoms with E-state index in [0.717, 1.165) is 0 Å². The van der Waals surface area contributed by atoms with Crippen molar-refractivity contribution in [2.24, 2.45) is 0 Å². The molecule has 0 aliphatic carbocycles. The van der Waals surface area contributed by atoms with Gasteiger partial charge in [0.15, 0.2) is 0 Å². The molecule has 0 aliphatic rings. The summed E-state index contributed by atoms with van der Waals surface area (Å²) in [6, 6.07) is 12.3. The lowest BCUT2D eigenvalue weighted by atomic mass is 10.1. The number of benzene rings is 2. The highest BCUT2D eigenvalue weighted by Gasteiger charge is 2.15. The van der Waals surface area contributed by atoms with Crippen LogP contribution >= 0.6 is 0 Å². The number of aromatic carboxylic acids is 1. The second-order valence-electron chi connectivity index (χ2n) is 4.74. The first kappa shape index (κ1) is 17.0. The minimum Gasteiger partial charge on any atom is -0.494 e. The Morgan fingerprint density at radius 1 is 1.17 bits per heavy atom. The van der Waals surface area contributed by atoms with Crippen molar-refractivity contribution >= 4 is 16.0 Å². The van der Waals surface area contributed by atoms with Crippen molar-refractivity contribution in [3.63, 3.8) is 0 Å². The Bertz CT molecular complexity index is 802. The maximum absolute atomic E-state index is 12.3. The number of nitrogens with one attached hydrogen (secondary N) is 1. The Labute approximate surface area is 134 Å². The molecule has 122 valence electrons. The van der Waals surface area contributed by atoms with E-state index in [0.29, 0.717) is 17.9 Å². The Kier molecular flexibility index (Phi) is 5.36. The van der Waals surface area contributed by atoms with Crippen molar-refractivity contribution in [1.29, 1.82) is 0 Å². The smallest absolute Gasteiger partial charge is 0.335 e. The van der Waals surface area contributed by atoms with Gasteiger partial charge in [-0.2, -0.15) is 0 Å². The Hall–Kier alpha value is -2.38. The van der Waals surface area contributed by atoms with Crippen LogP contribution in [0.3, 0.4) is 0 Å². The predicted octanol–water partition coefficient (Wildman–Crippen LogP) is 2.26. The third kappa shape index (κ3) is 4.54. The van der Waals surface area contributed by atoms with E-state index in [1.807, 2.05) is 6.92 Å². The largest absolute Gasteiger partial charge is 0.494 e. The zero-order valence-electron chi connectivity index (χ0n) is 12.5. The molecule has 23 heavy (non-hydrogen) atoms. The van der Waals surface area contributed by atoms with Gasteiger partial charge in [0.1, 0.15) is 5.75 Å². The highest BCUT2D eigenvalue weighted by atomic mass is 32.2. The van der Waals surface area contributed by atoms with Gasteiger partial charge < -0.3 is 9.84 Å². The van der Waals surface area contributed by atoms with Gasteiger partial charge in [0.05, 0.1) is 17.1 Å². The van der Waals surface area contributed by atoms with Gasteiger partial charge in [-0.15, -0.1) is 0 Å². The number of rotatable bonds is 7. The molecule has 0 saturated carbocycles. The van der Waals surface area contributed by atoms with Gasteiger partial charge in [0.2, 0.25) is 10.0 Å². The molecule has 2 aromatic carbocycles. The first-order chi connectivity index (χ1) is 10.9. The topological polar surface area (TPSA) is 92.7 Å². The molecule has 2 aromatic rings. The van der Waals surface area contributed by atoms with Crippen molar-refractivity contribution in [3.05, 3.63) is 59.7 Å². The van der Waals surface area contributed by atoms with Gasteiger partial charge in [0, 0.05) is 12.6 Å². The maximum atomic E-state index is 12.3. The molecule has 0 fully saturated rings. The van der Waals surface area contributed by atoms with E-state index in [-0.39, 0.29) is 17.0 Å². The summed E-state index contributed by atoms with van der Waals surface area (Å²) >= 11 is 0. The first-order valence-electron chi connectivity index (χ1n) is 6.97. The van der Waals surface area contributed by atoms with E-state index in [4.69, 9.17) is 9.84 Å². The fourth-order valence-electron chi connectivity index (χ4n) is 1.97. The first-order valence-corrected chi connectivity index (χ1v) is 8.45. The molecule has 0 aliphatic heterocycles. The number of hydrogen-bond acceptors (Lipinski definition) is 4. The van der Waals surface area contributed by atoms with E-state index < -0.39 is 16.0 Å². The fraction of sp³-hybridized carbons (Fsp3) is 0.188. The van der Waals surface area contributed by atoms with Gasteiger partial charge in [-0.05, 0) is 36.8 Å². The van der Waals surface area contributed by atoms with Crippen molar-refractivity contribution < 1.29 is 23.1 Å². The molecular formula is C16H17NO5S. The van der Waals surface area contributed by atoms with Gasteiger partial charge in [-0.25, -0.2) is 17.9 Å². The van der Waals surface area contributed by atoms with Crippen LogP contribution in [0.15, 0.2) is 53.4 Å². The van der Waals surface area contributed by atoms with E-state index in [1.165, 1.54) is 24.3 Å². The molecule has 6 nitrogen and oxygen atoms in total. The summed E-state index contributed by atoms with van der Waals surface area (Å²) in [6.45, 7) is 2.26. The summed E-state index contributed by atoms with van der Waals surface area (Å²) in [7, 11) is -3.71. The Balaban J connectivity index is 2.14. The summed E-state index contributed by atoms with van der Waals surface area (Å²) in [6.07, 6.45) is 0. The van der Waals surface area contributed by atoms with Gasteiger partial charge in [-0.3, -0.25) is 0 Å². The number of carbonyl (C=O) groups is 1. The van der Waals surface area contributed by atoms with Crippen LogP contribution < -0.4 is 9.46 Å². The number of sulfonamides is 1. The second-order valence-corrected chi connectivity index (χ2v) is 6.50. The zero-order chi connectivity index (χ0) is 16.9. The third-order valence-corrected chi connectivity index (χ3v) is 4.47. The minimum atomic E-state index is -3.71. The van der Waals surface area contributed by atoms with Crippen molar-refractivity contribution in [2.75, 3.05) is 6.61 Å². The van der Waals surface area contributed by atoms with E-state index >= 15 is 0 Å². The Morgan fingerprint density at radius 2 is 1.91 bits per heavy atom. The highest BCUT2D eigenvalue weighted by molar-refractivity contribution is 7.89. The monoisotopic (exact) mass is 335 g/mol. The lowest BCUT2D eigenvalue weighted by Crippen LogP contribution is -2.23. The van der Waals surface area contributed by atoms with Gasteiger partial charge in [0.25, 0.3) is 0 Å². The van der Waals surface area contributed by atoms with Crippen LogP contribution in [0.5, 0.6) is 5.75 Å². The van der Waals surface area contributed by atoms with Crippen LogP contribution in [0.25, 0.3) is 0 Å². The van der Waals surface area contributed by atoms with Crippen LogP contribution in [-0.2, 0) is 16.6 Å². The predicted molar refractivity (Wildman–Crippen MR) is 85.0 cm³/mol. The van der Waals surface area contributed by atoms with Crippen LogP contribution in [-0.4, -0.2) is 26.1 Å². The molecule has 0 spiro atoms. The number of ether oxygens (including phenoxy) is 1. The molecule has 0 atom stereocenters. The Morgan fingerprint density at radius 3 is 2.61 bits per heavy atom. The molecule has 0 unspecified atom stereocenters. The molecule has 2 N–H and O–H groups in total. The molecule has 7 heteroatoms. The lowest BCUT2D eigenvalue weighted by Gasteiger charge is -2.09. The summed E-state index contributed by atoms with van der Waals surface area (Å²) in [4.78, 5) is 11.0. The molecule has 0 amide bonds. The van der Waals surface area contributed by atoms with E-state index in [1.54, 1.807) is 24.3 Å². The van der Waals surface area contributed by atoms with E-state index in [9.17, 15) is 13.2 Å². The van der Waals surface area contributed by atoms with Gasteiger partial charge >= 0.3 is 5.97 Å². The molecule has 0 bridgehead atoms. The van der Waals surface area contributed by atoms with Crippen LogP contribution in [0.1, 0.15) is 22.8 Å². The van der Waals surface area contributed by atoms with Crippen molar-refractivity contribution in [2.45, 2.75) is 18.4 Å². The fourth-order valence-corrected chi connectivity index (χ4v) is 3.03. The van der Waals surface area contributed by atoms with Crippen molar-refractivity contribution in [1.82, 2.24) is 4.72 Å². The third-order valence-electron chi connectivity index (χ3n) is 3.07. The molecular weight excluding hydrogens is 318 g/mol. The quantitative estimate of drug-likeness (QED) is 0.809. The standard InChI is InChI=1S/C16H17NO5S/c1-2-22-14-7-4-8-15(10-14)23(20,21)17-11-12-5-3-6-13(9-12)16(18)19/h3-10,17H,2,11H2,1H3,(H,18,19). The van der Waals surface area contributed by atoms with Crippen LogP contribution in [0.2, 0.25) is 0 Å². The molecule has 0 heterocycles. The SMILES string of the molecule is CCOc1cccc(S(=O)(=O)NCc2cccc(C(=O)O)c2)c1. The normalized spacial score (nSPS) is 11.2. The number of carboxylic acids is 1. The average Bonchev–Trinajstić information content (AvgIpc) is 2.54. The molecule has 0 saturated heterocycles. The van der Waals surface area contributed by atoms with Crippen LogP contribution in [0.4, 0.5) is 0 Å². The second kappa shape index (κ2) is 7.26. The molecule has 0 aromatic heterocycles. The summed E-state index contributed by atoms with van der Waals surface area (Å²) < 4.78 is 32.3. The zero-order valence-corrected chi connectivity index (χ0v) is 13.3. The summed E-state index contributed by atoms with van der Waals surface area (Å²) in [5, 5.41) is 8.94. The van der Waals surface area contributed by atoms with Crippen molar-refractivity contribution in [3.8, 4) is 5.75 Å². The summed E-state index contributed by atoms with van der Waals surface area (Å²) in [5.41, 5.74) is 0.675. The van der Waals surface area contributed by atoms with E-state index in [2.05, 4.69) is 4.72 Å². The number of carboxylic acid groups (broad SMARTS) is 1. The highest BCUT2D eigenvalue weighted by Crippen LogP contribution is 2.17.